The Hall–Kier alpha value is -3.79. The zero-order valence-electron chi connectivity index (χ0n) is 17.4. The maximum atomic E-state index is 11.5. The van der Waals surface area contributed by atoms with Gasteiger partial charge in [-0.2, -0.15) is 4.98 Å². The quantitative estimate of drug-likeness (QED) is 0.347. The van der Waals surface area contributed by atoms with Crippen molar-refractivity contribution in [1.82, 2.24) is 15.0 Å². The van der Waals surface area contributed by atoms with E-state index < -0.39 is 4.92 Å². The van der Waals surface area contributed by atoms with Gasteiger partial charge in [0, 0.05) is 12.3 Å². The van der Waals surface area contributed by atoms with Crippen molar-refractivity contribution in [3.63, 3.8) is 0 Å². The lowest BCUT2D eigenvalue weighted by molar-refractivity contribution is -0.384. The van der Waals surface area contributed by atoms with E-state index in [9.17, 15) is 15.2 Å². The van der Waals surface area contributed by atoms with Crippen LogP contribution in [0.3, 0.4) is 0 Å². The van der Waals surface area contributed by atoms with Gasteiger partial charge in [0.2, 0.25) is 5.95 Å². The van der Waals surface area contributed by atoms with E-state index in [0.717, 1.165) is 0 Å². The average Bonchev–Trinajstić information content (AvgIpc) is 2.77. The molecule has 2 heterocycles. The molecular formula is C21H24N6O4. The van der Waals surface area contributed by atoms with Crippen LogP contribution in [0.1, 0.15) is 13.8 Å². The number of aliphatic hydroxyl groups excluding tert-OH is 1. The summed E-state index contributed by atoms with van der Waals surface area (Å²) in [5.41, 5.74) is 1.25. The maximum absolute atomic E-state index is 11.5. The highest BCUT2D eigenvalue weighted by Gasteiger charge is 2.18. The lowest BCUT2D eigenvalue weighted by Gasteiger charge is -2.20. The molecule has 0 aliphatic carbocycles. The Balaban J connectivity index is 2.03. The molecule has 0 saturated heterocycles. The minimum Gasteiger partial charge on any atom is -0.496 e. The second kappa shape index (κ2) is 9.81. The highest BCUT2D eigenvalue weighted by atomic mass is 16.6. The highest BCUT2D eigenvalue weighted by molar-refractivity contribution is 5.72. The first-order valence-electron chi connectivity index (χ1n) is 9.68. The molecule has 3 N–H and O–H groups in total. The first-order chi connectivity index (χ1) is 14.9. The Morgan fingerprint density at radius 1 is 1.16 bits per heavy atom. The summed E-state index contributed by atoms with van der Waals surface area (Å²) in [6.45, 7) is 3.84. The zero-order valence-corrected chi connectivity index (χ0v) is 17.4. The number of aliphatic hydroxyl groups is 1. The van der Waals surface area contributed by atoms with Gasteiger partial charge in [-0.15, -0.1) is 0 Å². The third-order valence-electron chi connectivity index (χ3n) is 4.63. The van der Waals surface area contributed by atoms with E-state index in [1.807, 2.05) is 19.9 Å². The predicted molar refractivity (Wildman–Crippen MR) is 118 cm³/mol. The van der Waals surface area contributed by atoms with Crippen molar-refractivity contribution in [3.8, 4) is 17.1 Å². The minimum absolute atomic E-state index is 0.0957. The number of hydrogen-bond donors (Lipinski definition) is 3. The van der Waals surface area contributed by atoms with Crippen LogP contribution in [-0.2, 0) is 0 Å². The van der Waals surface area contributed by atoms with Crippen LogP contribution in [0, 0.1) is 16.0 Å². The van der Waals surface area contributed by atoms with Crippen LogP contribution in [0.2, 0.25) is 0 Å². The molecule has 31 heavy (non-hydrogen) atoms. The lowest BCUT2D eigenvalue weighted by atomic mass is 10.1. The van der Waals surface area contributed by atoms with Crippen LogP contribution in [0.15, 0.2) is 48.7 Å². The molecule has 0 amide bonds. The van der Waals surface area contributed by atoms with E-state index in [2.05, 4.69) is 25.6 Å². The van der Waals surface area contributed by atoms with Crippen LogP contribution in [0.5, 0.6) is 5.75 Å². The zero-order chi connectivity index (χ0) is 22.4. The number of benzene rings is 1. The molecule has 10 heteroatoms. The minimum atomic E-state index is -0.495. The van der Waals surface area contributed by atoms with Gasteiger partial charge in [0.25, 0.3) is 5.69 Å². The Morgan fingerprint density at radius 3 is 2.58 bits per heavy atom. The lowest BCUT2D eigenvalue weighted by Crippen LogP contribution is -2.30. The fraction of sp³-hybridized carbons (Fsp3) is 0.286. The largest absolute Gasteiger partial charge is 0.496 e. The summed E-state index contributed by atoms with van der Waals surface area (Å²) in [6, 6.07) is 11.3. The fourth-order valence-electron chi connectivity index (χ4n) is 2.84. The molecule has 10 nitrogen and oxygen atoms in total. The van der Waals surface area contributed by atoms with Crippen LogP contribution in [0.25, 0.3) is 11.4 Å². The highest BCUT2D eigenvalue weighted by Crippen LogP contribution is 2.32. The summed E-state index contributed by atoms with van der Waals surface area (Å²) in [5.74, 6) is 1.12. The Kier molecular flexibility index (Phi) is 6.93. The molecule has 0 aliphatic heterocycles. The smallest absolute Gasteiger partial charge is 0.296 e. The molecule has 1 atom stereocenters. The number of nitrogens with zero attached hydrogens (tertiary/aromatic N) is 4. The molecule has 0 saturated carbocycles. The van der Waals surface area contributed by atoms with Crippen molar-refractivity contribution in [3.05, 3.63) is 58.8 Å². The third-order valence-corrected chi connectivity index (χ3v) is 4.63. The van der Waals surface area contributed by atoms with Gasteiger partial charge in [-0.25, -0.2) is 4.98 Å². The summed E-state index contributed by atoms with van der Waals surface area (Å²) in [4.78, 5) is 24.3. The molecule has 1 aromatic carbocycles. The summed E-state index contributed by atoms with van der Waals surface area (Å²) in [6.07, 6.45) is 1.65. The van der Waals surface area contributed by atoms with Crippen LogP contribution < -0.4 is 15.4 Å². The molecule has 0 bridgehead atoms. The number of rotatable bonds is 9. The van der Waals surface area contributed by atoms with E-state index in [4.69, 9.17) is 4.74 Å². The monoisotopic (exact) mass is 424 g/mol. The van der Waals surface area contributed by atoms with Gasteiger partial charge in [0.15, 0.2) is 0 Å². The van der Waals surface area contributed by atoms with Gasteiger partial charge in [0.05, 0.1) is 42.1 Å². The molecule has 3 aromatic rings. The molecule has 0 unspecified atom stereocenters. The normalized spacial score (nSPS) is 11.8. The number of nitro groups is 1. The molecule has 0 radical (unpaired) electrons. The van der Waals surface area contributed by atoms with E-state index in [-0.39, 0.29) is 35.9 Å². The second-order valence-electron chi connectivity index (χ2n) is 7.12. The van der Waals surface area contributed by atoms with Gasteiger partial charge in [-0.1, -0.05) is 19.9 Å². The van der Waals surface area contributed by atoms with Crippen LogP contribution in [-0.4, -0.2) is 44.7 Å². The number of hydrogen-bond acceptors (Lipinski definition) is 9. The third kappa shape index (κ3) is 5.43. The Morgan fingerprint density at radius 2 is 1.97 bits per heavy atom. The van der Waals surface area contributed by atoms with Crippen molar-refractivity contribution in [1.29, 1.82) is 0 Å². The Labute approximate surface area is 179 Å². The number of aromatic nitrogens is 3. The van der Waals surface area contributed by atoms with Crippen molar-refractivity contribution in [2.75, 3.05) is 24.4 Å². The maximum Gasteiger partial charge on any atom is 0.296 e. The van der Waals surface area contributed by atoms with Crippen LogP contribution in [0.4, 0.5) is 23.1 Å². The molecular weight excluding hydrogens is 400 g/mol. The first-order valence-corrected chi connectivity index (χ1v) is 9.68. The van der Waals surface area contributed by atoms with Crippen LogP contribution >= 0.6 is 0 Å². The van der Waals surface area contributed by atoms with Gasteiger partial charge < -0.3 is 20.5 Å². The molecule has 162 valence electrons. The van der Waals surface area contributed by atoms with E-state index in [1.54, 1.807) is 36.5 Å². The SMILES string of the molecule is COc1ccc(Nc2cc(-c3ccccn3)nc(N[C@@H](CO)C(C)C)n2)c([N+](=O)[O-])c1. The number of anilines is 3. The first kappa shape index (κ1) is 21.9. The fourth-order valence-corrected chi connectivity index (χ4v) is 2.84. The molecule has 2 aromatic heterocycles. The summed E-state index contributed by atoms with van der Waals surface area (Å²) in [5, 5.41) is 27.3. The summed E-state index contributed by atoms with van der Waals surface area (Å²) in [7, 11) is 1.44. The van der Waals surface area contributed by atoms with Gasteiger partial charge in [0.1, 0.15) is 17.3 Å². The topological polar surface area (TPSA) is 135 Å². The van der Waals surface area contributed by atoms with Gasteiger partial charge in [-0.05, 0) is 30.2 Å². The average molecular weight is 424 g/mol. The molecule has 0 fully saturated rings. The number of nitro benzene ring substituents is 1. The van der Waals surface area contributed by atoms with E-state index in [0.29, 0.717) is 23.0 Å². The van der Waals surface area contributed by atoms with Crippen molar-refractivity contribution in [2.24, 2.45) is 5.92 Å². The van der Waals surface area contributed by atoms with Gasteiger partial charge >= 0.3 is 0 Å². The molecule has 0 aliphatic rings. The summed E-state index contributed by atoms with van der Waals surface area (Å²) < 4.78 is 5.08. The number of pyridine rings is 1. The number of nitrogens with one attached hydrogen (secondary N) is 2. The van der Waals surface area contributed by atoms with E-state index >= 15 is 0 Å². The number of methoxy groups -OCH3 is 1. The second-order valence-corrected chi connectivity index (χ2v) is 7.12. The van der Waals surface area contributed by atoms with Crippen molar-refractivity contribution >= 4 is 23.1 Å². The van der Waals surface area contributed by atoms with Gasteiger partial charge in [-0.3, -0.25) is 15.1 Å². The number of ether oxygens (including phenoxy) is 1. The van der Waals surface area contributed by atoms with Crippen molar-refractivity contribution in [2.45, 2.75) is 19.9 Å². The Bertz CT molecular complexity index is 1050. The predicted octanol–water partition coefficient (Wildman–Crippen LogP) is 3.63. The summed E-state index contributed by atoms with van der Waals surface area (Å²) >= 11 is 0. The van der Waals surface area contributed by atoms with Crippen molar-refractivity contribution < 1.29 is 14.8 Å². The molecule has 3 rings (SSSR count). The van der Waals surface area contributed by atoms with E-state index in [1.165, 1.54) is 13.2 Å². The molecule has 0 spiro atoms. The standard InChI is InChI=1S/C21H24N6O4/c1-13(2)18(12-28)25-21-24-17(15-6-4-5-9-22-15)11-20(26-21)23-16-8-7-14(31-3)10-19(16)27(29)30/h4-11,13,18,28H,12H2,1-3H3,(H2,23,24,25,26)/t18-/m0/s1.